The highest BCUT2D eigenvalue weighted by Gasteiger charge is 2.41. The van der Waals surface area contributed by atoms with Crippen LogP contribution in [0.5, 0.6) is 5.75 Å². The zero-order chi connectivity index (χ0) is 19.9. The summed E-state index contributed by atoms with van der Waals surface area (Å²) in [6.45, 7) is 2.12. The van der Waals surface area contributed by atoms with Gasteiger partial charge in [-0.25, -0.2) is 9.18 Å². The molecule has 2 atom stereocenters. The molecule has 1 aromatic carbocycles. The molecule has 144 valence electrons. The van der Waals surface area contributed by atoms with Gasteiger partial charge in [0, 0.05) is 12.7 Å². The number of carbonyl (C=O) groups excluding carboxylic acids is 2. The number of Topliss-reactive ketones (excluding diaryl/α,β-unsaturated/α-hetero) is 1. The minimum Gasteiger partial charge on any atom is -0.497 e. The fourth-order valence-electron chi connectivity index (χ4n) is 2.47. The molecule has 1 N–H and O–H groups in total. The van der Waals surface area contributed by atoms with Crippen LogP contribution in [-0.2, 0) is 20.9 Å². The van der Waals surface area contributed by atoms with Gasteiger partial charge in [-0.15, -0.1) is 0 Å². The van der Waals surface area contributed by atoms with Crippen LogP contribution >= 0.6 is 15.9 Å². The van der Waals surface area contributed by atoms with E-state index >= 15 is 0 Å². The summed E-state index contributed by atoms with van der Waals surface area (Å²) in [6.07, 6.45) is 6.97. The smallest absolute Gasteiger partial charge is 0.343 e. The van der Waals surface area contributed by atoms with Gasteiger partial charge in [0.25, 0.3) is 0 Å². The fraction of sp³-hybridized carbons (Fsp3) is 0.300. The third-order valence-corrected chi connectivity index (χ3v) is 4.66. The second-order valence-electron chi connectivity index (χ2n) is 5.77. The van der Waals surface area contributed by atoms with E-state index in [2.05, 4.69) is 21.2 Å². The summed E-state index contributed by atoms with van der Waals surface area (Å²) in [5.41, 5.74) is 0.681. The number of hydrogen-bond donors (Lipinski definition) is 1. The molecule has 0 aliphatic heterocycles. The monoisotopic (exact) mass is 437 g/mol. The Kier molecular flexibility index (Phi) is 7.36. The van der Waals surface area contributed by atoms with Gasteiger partial charge in [-0.2, -0.15) is 0 Å². The summed E-state index contributed by atoms with van der Waals surface area (Å²) in [5.74, 6) is -1.90. The molecular weight excluding hydrogens is 417 g/mol. The number of halogens is 2. The maximum Gasteiger partial charge on any atom is 0.343 e. The van der Waals surface area contributed by atoms with Crippen LogP contribution < -0.4 is 10.1 Å². The minimum absolute atomic E-state index is 0.109. The predicted octanol–water partition coefficient (Wildman–Crippen LogP) is 3.60. The van der Waals surface area contributed by atoms with Crippen LogP contribution in [0, 0.1) is 5.92 Å². The Morgan fingerprint density at radius 2 is 2.00 bits per heavy atom. The van der Waals surface area contributed by atoms with Crippen LogP contribution in [0.15, 0.2) is 60.3 Å². The summed E-state index contributed by atoms with van der Waals surface area (Å²) < 4.78 is 22.6. The molecule has 5 nitrogen and oxygen atoms in total. The molecule has 1 aliphatic rings. The van der Waals surface area contributed by atoms with Crippen molar-refractivity contribution in [1.29, 1.82) is 0 Å². The van der Waals surface area contributed by atoms with E-state index in [-0.39, 0.29) is 12.2 Å². The normalized spacial score (nSPS) is 21.6. The maximum atomic E-state index is 14.6. The standard InChI is InChI=1S/C20H21BrFNO4/c1-3-27-19(25)16(18(24)17-6-4-5-11-20(17,21)22)13-23-12-14-7-9-15(26-2)10-8-14/h4-11,13,17,23H,3,12H2,1-2H3/b16-13-. The summed E-state index contributed by atoms with van der Waals surface area (Å²) in [7, 11) is 1.58. The van der Waals surface area contributed by atoms with Gasteiger partial charge in [0.15, 0.2) is 10.4 Å². The lowest BCUT2D eigenvalue weighted by molar-refractivity contribution is -0.140. The van der Waals surface area contributed by atoms with Crippen molar-refractivity contribution in [3.05, 3.63) is 65.9 Å². The van der Waals surface area contributed by atoms with Gasteiger partial charge >= 0.3 is 5.97 Å². The topological polar surface area (TPSA) is 64.6 Å². The molecule has 27 heavy (non-hydrogen) atoms. The molecule has 0 saturated heterocycles. The molecule has 0 bridgehead atoms. The van der Waals surface area contributed by atoms with Crippen LogP contribution in [0.25, 0.3) is 0 Å². The number of allylic oxidation sites excluding steroid dienone is 4. The third kappa shape index (κ3) is 5.53. The predicted molar refractivity (Wildman–Crippen MR) is 104 cm³/mol. The zero-order valence-electron chi connectivity index (χ0n) is 15.1. The first kappa shape index (κ1) is 20.9. The number of rotatable bonds is 8. The van der Waals surface area contributed by atoms with Gasteiger partial charge in [-0.1, -0.05) is 30.4 Å². The van der Waals surface area contributed by atoms with E-state index in [1.165, 1.54) is 24.4 Å². The summed E-state index contributed by atoms with van der Waals surface area (Å²) in [4.78, 5) is 25.0. The number of ketones is 1. The van der Waals surface area contributed by atoms with E-state index in [0.29, 0.717) is 6.54 Å². The Bertz CT molecular complexity index is 769. The molecule has 0 spiro atoms. The molecule has 1 aliphatic carbocycles. The SMILES string of the molecule is CCOC(=O)/C(=C\NCc1ccc(OC)cc1)C(=O)C1C=CC=CC1(F)Br. The Morgan fingerprint density at radius 3 is 2.59 bits per heavy atom. The first-order valence-corrected chi connectivity index (χ1v) is 9.20. The quantitative estimate of drug-likeness (QED) is 0.221. The number of benzene rings is 1. The lowest BCUT2D eigenvalue weighted by Crippen LogP contribution is -2.35. The number of hydrogen-bond acceptors (Lipinski definition) is 5. The van der Waals surface area contributed by atoms with Crippen molar-refractivity contribution in [1.82, 2.24) is 5.32 Å². The Balaban J connectivity index is 2.16. The second kappa shape index (κ2) is 9.50. The van der Waals surface area contributed by atoms with Crippen LogP contribution in [0.1, 0.15) is 12.5 Å². The van der Waals surface area contributed by atoms with Crippen molar-refractivity contribution in [2.24, 2.45) is 5.92 Å². The van der Waals surface area contributed by atoms with Crippen molar-refractivity contribution in [2.75, 3.05) is 13.7 Å². The van der Waals surface area contributed by atoms with Gasteiger partial charge in [0.05, 0.1) is 19.6 Å². The molecular formula is C20H21BrFNO4. The molecule has 7 heteroatoms. The average Bonchev–Trinajstić information content (AvgIpc) is 2.65. The number of methoxy groups -OCH3 is 1. The van der Waals surface area contributed by atoms with Gasteiger partial charge in [0.1, 0.15) is 11.3 Å². The third-order valence-electron chi connectivity index (χ3n) is 3.90. The zero-order valence-corrected chi connectivity index (χ0v) is 16.7. The first-order valence-electron chi connectivity index (χ1n) is 8.40. The molecule has 0 radical (unpaired) electrons. The van der Waals surface area contributed by atoms with Crippen molar-refractivity contribution in [2.45, 2.75) is 18.0 Å². The first-order chi connectivity index (χ1) is 12.9. The average molecular weight is 438 g/mol. The number of carbonyl (C=O) groups is 2. The van der Waals surface area contributed by atoms with Crippen molar-refractivity contribution >= 4 is 27.7 Å². The largest absolute Gasteiger partial charge is 0.497 e. The lowest BCUT2D eigenvalue weighted by Gasteiger charge is -2.24. The summed E-state index contributed by atoms with van der Waals surface area (Å²) in [5, 5.41) is 2.92. The summed E-state index contributed by atoms with van der Waals surface area (Å²) >= 11 is 2.90. The lowest BCUT2D eigenvalue weighted by atomic mass is 9.90. The summed E-state index contributed by atoms with van der Waals surface area (Å²) in [6, 6.07) is 7.32. The Labute approximate surface area is 166 Å². The highest BCUT2D eigenvalue weighted by atomic mass is 79.9. The van der Waals surface area contributed by atoms with Crippen LogP contribution in [0.4, 0.5) is 4.39 Å². The van der Waals surface area contributed by atoms with E-state index < -0.39 is 22.2 Å². The number of alkyl halides is 2. The number of ether oxygens (including phenoxy) is 2. The molecule has 2 rings (SSSR count). The van der Waals surface area contributed by atoms with E-state index in [1.54, 1.807) is 32.2 Å². The molecule has 0 saturated carbocycles. The Hall–Kier alpha value is -2.41. The highest BCUT2D eigenvalue weighted by Crippen LogP contribution is 2.36. The van der Waals surface area contributed by atoms with Gasteiger partial charge in [-0.05, 0) is 46.6 Å². The van der Waals surface area contributed by atoms with Crippen LogP contribution in [0.3, 0.4) is 0 Å². The van der Waals surface area contributed by atoms with Crippen LogP contribution in [-0.4, -0.2) is 30.0 Å². The van der Waals surface area contributed by atoms with Gasteiger partial charge < -0.3 is 14.8 Å². The fourth-order valence-corrected chi connectivity index (χ4v) is 2.99. The molecule has 1 aromatic rings. The van der Waals surface area contributed by atoms with E-state index in [9.17, 15) is 14.0 Å². The van der Waals surface area contributed by atoms with E-state index in [0.717, 1.165) is 11.3 Å². The number of nitrogens with one attached hydrogen (secondary N) is 1. The van der Waals surface area contributed by atoms with E-state index in [1.807, 2.05) is 12.1 Å². The van der Waals surface area contributed by atoms with Crippen LogP contribution in [0.2, 0.25) is 0 Å². The number of esters is 1. The van der Waals surface area contributed by atoms with E-state index in [4.69, 9.17) is 9.47 Å². The minimum atomic E-state index is -2.06. The molecule has 0 aromatic heterocycles. The van der Waals surface area contributed by atoms with Crippen molar-refractivity contribution in [3.8, 4) is 5.75 Å². The van der Waals surface area contributed by atoms with Gasteiger partial charge in [0.2, 0.25) is 0 Å². The van der Waals surface area contributed by atoms with Crippen molar-refractivity contribution in [3.63, 3.8) is 0 Å². The second-order valence-corrected chi connectivity index (χ2v) is 6.98. The van der Waals surface area contributed by atoms with Gasteiger partial charge in [-0.3, -0.25) is 4.79 Å². The Morgan fingerprint density at radius 1 is 1.30 bits per heavy atom. The molecule has 0 fully saturated rings. The molecule has 0 heterocycles. The van der Waals surface area contributed by atoms with Crippen molar-refractivity contribution < 1.29 is 23.5 Å². The maximum absolute atomic E-state index is 14.6. The molecule has 0 amide bonds. The molecule has 2 unspecified atom stereocenters. The highest BCUT2D eigenvalue weighted by molar-refractivity contribution is 9.10.